The number of fused-ring (bicyclic) bond motifs is 1. The maximum atomic E-state index is 12.0. The minimum Gasteiger partial charge on any atom is -0.496 e. The highest BCUT2D eigenvalue weighted by Gasteiger charge is 2.31. The number of benzene rings is 3. The van der Waals surface area contributed by atoms with Crippen molar-refractivity contribution in [2.24, 2.45) is 0 Å². The monoisotopic (exact) mass is 473 g/mol. The molecule has 33 heavy (non-hydrogen) atoms. The van der Waals surface area contributed by atoms with Crippen LogP contribution in [0.5, 0.6) is 5.75 Å². The van der Waals surface area contributed by atoms with Crippen molar-refractivity contribution in [2.75, 3.05) is 7.11 Å². The maximum Gasteiger partial charge on any atom is 0.263 e. The second kappa shape index (κ2) is 8.96. The molecule has 0 radical (unpaired) electrons. The average Bonchev–Trinajstić information content (AvgIpc) is 3.15. The molecule has 3 nitrogen and oxygen atoms in total. The van der Waals surface area contributed by atoms with Gasteiger partial charge in [-0.2, -0.15) is 0 Å². The molecule has 1 saturated heterocycles. The lowest BCUT2D eigenvalue weighted by atomic mass is 9.70. The van der Waals surface area contributed by atoms with E-state index in [1.54, 1.807) is 7.11 Å². The van der Waals surface area contributed by atoms with Gasteiger partial charge in [0.1, 0.15) is 10.1 Å². The van der Waals surface area contributed by atoms with E-state index in [9.17, 15) is 4.79 Å². The van der Waals surface area contributed by atoms with Crippen LogP contribution < -0.4 is 10.1 Å². The lowest BCUT2D eigenvalue weighted by Crippen LogP contribution is -2.25. The van der Waals surface area contributed by atoms with Crippen LogP contribution in [-0.4, -0.2) is 17.3 Å². The van der Waals surface area contributed by atoms with E-state index in [1.807, 2.05) is 6.08 Å². The summed E-state index contributed by atoms with van der Waals surface area (Å²) in [6, 6.07) is 19.5. The van der Waals surface area contributed by atoms with Gasteiger partial charge in [0.05, 0.1) is 12.0 Å². The van der Waals surface area contributed by atoms with Gasteiger partial charge in [0.25, 0.3) is 5.91 Å². The van der Waals surface area contributed by atoms with Gasteiger partial charge in [0, 0.05) is 5.56 Å². The number of hydrogen-bond donors (Lipinski definition) is 1. The summed E-state index contributed by atoms with van der Waals surface area (Å²) in [5, 5.41) is 4.99. The molecule has 1 N–H and O–H groups in total. The number of thiocarbonyl (C=S) groups is 1. The van der Waals surface area contributed by atoms with Crippen LogP contribution in [0.4, 0.5) is 0 Å². The molecule has 1 saturated carbocycles. The van der Waals surface area contributed by atoms with Crippen LogP contribution in [0.1, 0.15) is 50.2 Å². The van der Waals surface area contributed by atoms with E-state index >= 15 is 0 Å². The van der Waals surface area contributed by atoms with Crippen molar-refractivity contribution in [1.29, 1.82) is 0 Å². The zero-order chi connectivity index (χ0) is 23.0. The minimum atomic E-state index is -0.123. The fourth-order valence-corrected chi connectivity index (χ4v) is 6.11. The molecule has 3 aromatic rings. The van der Waals surface area contributed by atoms with E-state index in [1.165, 1.54) is 65.9 Å². The van der Waals surface area contributed by atoms with Crippen molar-refractivity contribution in [3.05, 3.63) is 70.6 Å². The zero-order valence-electron chi connectivity index (χ0n) is 18.9. The Kier molecular flexibility index (Phi) is 6.02. The first kappa shape index (κ1) is 22.2. The quantitative estimate of drug-likeness (QED) is 0.320. The topological polar surface area (TPSA) is 38.3 Å². The van der Waals surface area contributed by atoms with Crippen LogP contribution in [0.3, 0.4) is 0 Å². The standard InChI is InChI=1S/C28H27NO2S2/c1-28(12-4-3-5-13-28)23-17-22(10-11-24(23)31-2)21-9-8-19-14-18(6-7-20(19)16-21)15-25-26(30)29-27(32)33-25/h6-11,14-17H,3-5,12-13H2,1-2H3,(H,29,30,32)/b25-15-. The number of carbonyl (C=O) groups excluding carboxylic acids is 1. The average molecular weight is 474 g/mol. The van der Waals surface area contributed by atoms with Crippen molar-refractivity contribution < 1.29 is 9.53 Å². The van der Waals surface area contributed by atoms with Gasteiger partial charge in [-0.15, -0.1) is 0 Å². The molecule has 1 heterocycles. The number of hydrogen-bond acceptors (Lipinski definition) is 4. The molecule has 5 heteroatoms. The Hall–Kier alpha value is -2.63. The fourth-order valence-electron chi connectivity index (χ4n) is 5.07. The van der Waals surface area contributed by atoms with E-state index in [0.717, 1.165) is 16.7 Å². The second-order valence-corrected chi connectivity index (χ2v) is 10.9. The highest BCUT2D eigenvalue weighted by molar-refractivity contribution is 8.26. The largest absolute Gasteiger partial charge is 0.496 e. The number of amides is 1. The lowest BCUT2D eigenvalue weighted by molar-refractivity contribution is -0.115. The smallest absolute Gasteiger partial charge is 0.263 e. The van der Waals surface area contributed by atoms with Crippen LogP contribution in [0.15, 0.2) is 59.5 Å². The molecular weight excluding hydrogens is 446 g/mol. The first-order valence-corrected chi connectivity index (χ1v) is 12.7. The molecule has 5 rings (SSSR count). The fraction of sp³-hybridized carbons (Fsp3) is 0.286. The van der Waals surface area contributed by atoms with Gasteiger partial charge in [0.2, 0.25) is 0 Å². The Morgan fingerprint density at radius 1 is 0.970 bits per heavy atom. The van der Waals surface area contributed by atoms with Crippen molar-refractivity contribution in [1.82, 2.24) is 5.32 Å². The van der Waals surface area contributed by atoms with Crippen LogP contribution in [0.25, 0.3) is 28.0 Å². The van der Waals surface area contributed by atoms with Gasteiger partial charge in [-0.05, 0) is 76.1 Å². The third-order valence-corrected chi connectivity index (χ3v) is 8.11. The molecule has 2 aliphatic rings. The van der Waals surface area contributed by atoms with Crippen molar-refractivity contribution in [3.63, 3.8) is 0 Å². The maximum absolute atomic E-state index is 12.0. The van der Waals surface area contributed by atoms with E-state index in [2.05, 4.69) is 66.8 Å². The van der Waals surface area contributed by atoms with Gasteiger partial charge in [-0.25, -0.2) is 0 Å². The Bertz CT molecular complexity index is 1290. The Labute approximate surface area is 204 Å². The number of nitrogens with one attached hydrogen (secondary N) is 1. The van der Waals surface area contributed by atoms with E-state index in [4.69, 9.17) is 17.0 Å². The molecule has 1 aliphatic heterocycles. The summed E-state index contributed by atoms with van der Waals surface area (Å²) < 4.78 is 6.27. The highest BCUT2D eigenvalue weighted by atomic mass is 32.2. The van der Waals surface area contributed by atoms with Gasteiger partial charge < -0.3 is 10.1 Å². The van der Waals surface area contributed by atoms with Gasteiger partial charge in [-0.3, -0.25) is 4.79 Å². The molecule has 1 aliphatic carbocycles. The number of ether oxygens (including phenoxy) is 1. The predicted molar refractivity (Wildman–Crippen MR) is 143 cm³/mol. The molecule has 0 aromatic heterocycles. The Morgan fingerprint density at radius 3 is 2.39 bits per heavy atom. The summed E-state index contributed by atoms with van der Waals surface area (Å²) in [5.41, 5.74) is 4.92. The Morgan fingerprint density at radius 2 is 1.67 bits per heavy atom. The number of methoxy groups -OCH3 is 1. The van der Waals surface area contributed by atoms with Crippen LogP contribution in [0.2, 0.25) is 0 Å². The van der Waals surface area contributed by atoms with E-state index in [-0.39, 0.29) is 11.3 Å². The number of carbonyl (C=O) groups is 1. The normalized spacial score (nSPS) is 19.2. The van der Waals surface area contributed by atoms with Crippen LogP contribution in [-0.2, 0) is 10.2 Å². The van der Waals surface area contributed by atoms with Gasteiger partial charge in [-0.1, -0.05) is 80.5 Å². The van der Waals surface area contributed by atoms with Gasteiger partial charge >= 0.3 is 0 Å². The Balaban J connectivity index is 1.49. The zero-order valence-corrected chi connectivity index (χ0v) is 20.6. The number of rotatable bonds is 4. The molecule has 168 valence electrons. The minimum absolute atomic E-state index is 0.123. The van der Waals surface area contributed by atoms with E-state index in [0.29, 0.717) is 9.23 Å². The predicted octanol–water partition coefficient (Wildman–Crippen LogP) is 7.23. The third kappa shape index (κ3) is 4.44. The molecule has 2 fully saturated rings. The third-order valence-electron chi connectivity index (χ3n) is 6.94. The summed E-state index contributed by atoms with van der Waals surface area (Å²) in [6.07, 6.45) is 8.21. The van der Waals surface area contributed by atoms with Crippen molar-refractivity contribution >= 4 is 51.1 Å². The van der Waals surface area contributed by atoms with Crippen molar-refractivity contribution in [3.8, 4) is 16.9 Å². The molecule has 0 unspecified atom stereocenters. The summed E-state index contributed by atoms with van der Waals surface area (Å²) in [7, 11) is 1.77. The molecule has 1 amide bonds. The van der Waals surface area contributed by atoms with Crippen LogP contribution >= 0.6 is 24.0 Å². The summed E-state index contributed by atoms with van der Waals surface area (Å²) in [4.78, 5) is 12.6. The summed E-state index contributed by atoms with van der Waals surface area (Å²) >= 11 is 6.39. The summed E-state index contributed by atoms with van der Waals surface area (Å²) in [5.74, 6) is 0.873. The van der Waals surface area contributed by atoms with Crippen LogP contribution in [0, 0.1) is 0 Å². The molecule has 0 spiro atoms. The molecule has 3 aromatic carbocycles. The van der Waals surface area contributed by atoms with Crippen molar-refractivity contribution in [2.45, 2.75) is 44.4 Å². The summed E-state index contributed by atoms with van der Waals surface area (Å²) in [6.45, 7) is 2.39. The first-order chi connectivity index (χ1) is 15.9. The van der Waals surface area contributed by atoms with E-state index < -0.39 is 0 Å². The molecular formula is C28H27NO2S2. The molecule has 0 atom stereocenters. The SMILES string of the molecule is COc1ccc(-c2ccc3cc(/C=C4\SC(=S)NC4=O)ccc3c2)cc1C1(C)CCCCC1. The second-order valence-electron chi connectivity index (χ2n) is 9.21. The molecule has 0 bridgehead atoms. The lowest BCUT2D eigenvalue weighted by Gasteiger charge is -2.35. The number of thioether (sulfide) groups is 1. The van der Waals surface area contributed by atoms with Gasteiger partial charge in [0.15, 0.2) is 0 Å². The highest BCUT2D eigenvalue weighted by Crippen LogP contribution is 2.44. The first-order valence-electron chi connectivity index (χ1n) is 11.4.